The number of ether oxygens (including phenoxy) is 1. The fraction of sp³-hybridized carbons (Fsp3) is 0.294. The number of hydrogen-bond donors (Lipinski definition) is 1. The number of esters is 1. The third-order valence-corrected chi connectivity index (χ3v) is 5.03. The summed E-state index contributed by atoms with van der Waals surface area (Å²) in [7, 11) is 0. The zero-order chi connectivity index (χ0) is 17.8. The zero-order valence-corrected chi connectivity index (χ0v) is 15.8. The minimum atomic E-state index is -0.452. The van der Waals surface area contributed by atoms with Gasteiger partial charge in [-0.2, -0.15) is 0 Å². The molecule has 0 aliphatic heterocycles. The van der Waals surface area contributed by atoms with E-state index in [4.69, 9.17) is 4.74 Å². The molecule has 0 unspecified atom stereocenters. The molecular formula is C17H18N4O2S2. The van der Waals surface area contributed by atoms with Crippen LogP contribution in [0.15, 0.2) is 29.6 Å². The quantitative estimate of drug-likeness (QED) is 0.392. The van der Waals surface area contributed by atoms with Crippen LogP contribution in [-0.4, -0.2) is 33.8 Å². The molecule has 1 aromatic carbocycles. The van der Waals surface area contributed by atoms with Crippen molar-refractivity contribution in [1.29, 1.82) is 0 Å². The number of carbonyl (C=O) groups is 1. The lowest BCUT2D eigenvalue weighted by molar-refractivity contribution is 0.0526. The Morgan fingerprint density at radius 1 is 1.32 bits per heavy atom. The molecule has 0 saturated heterocycles. The van der Waals surface area contributed by atoms with Gasteiger partial charge >= 0.3 is 5.97 Å². The lowest BCUT2D eigenvalue weighted by Gasteiger charge is -2.09. The largest absolute Gasteiger partial charge is 0.462 e. The van der Waals surface area contributed by atoms with Gasteiger partial charge in [-0.25, -0.2) is 19.7 Å². The predicted octanol–water partition coefficient (Wildman–Crippen LogP) is 4.29. The van der Waals surface area contributed by atoms with Crippen molar-refractivity contribution in [3.05, 3.63) is 35.5 Å². The maximum atomic E-state index is 12.1. The van der Waals surface area contributed by atoms with Crippen molar-refractivity contribution < 1.29 is 9.53 Å². The van der Waals surface area contributed by atoms with E-state index in [1.807, 2.05) is 12.3 Å². The predicted molar refractivity (Wildman–Crippen MR) is 102 cm³/mol. The standard InChI is InChI=1S/C17H18N4O2S2/c1-4-10-6-7-12-13(8-10)25-17(19-12)21-14-11(15(22)23-5-2)9-18-16(20-14)24-3/h6-9H,4-5H2,1-3H3,(H,18,19,20,21). The number of nitrogens with one attached hydrogen (secondary N) is 1. The smallest absolute Gasteiger partial charge is 0.343 e. The van der Waals surface area contributed by atoms with Crippen molar-refractivity contribution in [2.24, 2.45) is 0 Å². The summed E-state index contributed by atoms with van der Waals surface area (Å²) in [5, 5.41) is 4.41. The summed E-state index contributed by atoms with van der Waals surface area (Å²) in [5.41, 5.74) is 2.48. The molecule has 3 rings (SSSR count). The first-order chi connectivity index (χ1) is 12.1. The molecule has 0 radical (unpaired) electrons. The molecule has 6 nitrogen and oxygen atoms in total. The Bertz CT molecular complexity index is 911. The highest BCUT2D eigenvalue weighted by molar-refractivity contribution is 7.98. The molecular weight excluding hydrogens is 356 g/mol. The van der Waals surface area contributed by atoms with Gasteiger partial charge in [0.15, 0.2) is 16.1 Å². The summed E-state index contributed by atoms with van der Waals surface area (Å²) in [4.78, 5) is 25.3. The van der Waals surface area contributed by atoms with Gasteiger partial charge in [-0.3, -0.25) is 0 Å². The number of aryl methyl sites for hydroxylation is 1. The Morgan fingerprint density at radius 2 is 2.16 bits per heavy atom. The molecule has 0 bridgehead atoms. The third-order valence-electron chi connectivity index (χ3n) is 3.53. The summed E-state index contributed by atoms with van der Waals surface area (Å²) in [6.07, 6.45) is 4.35. The molecule has 0 spiro atoms. The molecule has 25 heavy (non-hydrogen) atoms. The van der Waals surface area contributed by atoms with Gasteiger partial charge < -0.3 is 10.1 Å². The van der Waals surface area contributed by atoms with Crippen LogP contribution < -0.4 is 5.32 Å². The first-order valence-corrected chi connectivity index (χ1v) is 9.93. The fourth-order valence-corrected chi connectivity index (χ4v) is 3.53. The number of thioether (sulfide) groups is 1. The van der Waals surface area contributed by atoms with E-state index in [-0.39, 0.29) is 0 Å². The van der Waals surface area contributed by atoms with Gasteiger partial charge in [0.2, 0.25) is 0 Å². The number of nitrogens with zero attached hydrogens (tertiary/aromatic N) is 3. The van der Waals surface area contributed by atoms with Crippen molar-refractivity contribution in [2.75, 3.05) is 18.2 Å². The van der Waals surface area contributed by atoms with Gasteiger partial charge in [0.05, 0.1) is 16.8 Å². The fourth-order valence-electron chi connectivity index (χ4n) is 2.26. The highest BCUT2D eigenvalue weighted by Crippen LogP contribution is 2.30. The number of benzene rings is 1. The molecule has 0 saturated carbocycles. The molecule has 0 amide bonds. The van der Waals surface area contributed by atoms with Crippen LogP contribution >= 0.6 is 23.1 Å². The number of hydrogen-bond acceptors (Lipinski definition) is 8. The van der Waals surface area contributed by atoms with Crippen LogP contribution in [0.4, 0.5) is 10.9 Å². The minimum absolute atomic E-state index is 0.295. The van der Waals surface area contributed by atoms with E-state index in [9.17, 15) is 4.79 Å². The molecule has 8 heteroatoms. The second-order valence-corrected chi connectivity index (χ2v) is 6.94. The van der Waals surface area contributed by atoms with Gasteiger partial charge in [-0.15, -0.1) is 0 Å². The summed E-state index contributed by atoms with van der Waals surface area (Å²) in [5.74, 6) is -0.0420. The van der Waals surface area contributed by atoms with Crippen LogP contribution in [-0.2, 0) is 11.2 Å². The van der Waals surface area contributed by atoms with Crippen LogP contribution in [0, 0.1) is 0 Å². The van der Waals surface area contributed by atoms with Crippen molar-refractivity contribution in [1.82, 2.24) is 15.0 Å². The summed E-state index contributed by atoms with van der Waals surface area (Å²) in [6.45, 7) is 4.18. The van der Waals surface area contributed by atoms with Crippen LogP contribution in [0.5, 0.6) is 0 Å². The van der Waals surface area contributed by atoms with E-state index >= 15 is 0 Å². The third kappa shape index (κ3) is 3.91. The number of rotatable bonds is 6. The Morgan fingerprint density at radius 3 is 2.88 bits per heavy atom. The number of fused-ring (bicyclic) bond motifs is 1. The number of carbonyl (C=O) groups excluding carboxylic acids is 1. The molecule has 0 aliphatic carbocycles. The van der Waals surface area contributed by atoms with E-state index < -0.39 is 5.97 Å². The van der Waals surface area contributed by atoms with Crippen LogP contribution in [0.1, 0.15) is 29.8 Å². The maximum Gasteiger partial charge on any atom is 0.343 e. The summed E-state index contributed by atoms with van der Waals surface area (Å²) >= 11 is 2.93. The number of thiazole rings is 1. The van der Waals surface area contributed by atoms with Crippen LogP contribution in [0.3, 0.4) is 0 Å². The topological polar surface area (TPSA) is 77.0 Å². The molecule has 130 valence electrons. The highest BCUT2D eigenvalue weighted by atomic mass is 32.2. The SMILES string of the molecule is CCOC(=O)c1cnc(SC)nc1Nc1nc2ccc(CC)cc2s1. The molecule has 2 aromatic heterocycles. The van der Waals surface area contributed by atoms with E-state index in [2.05, 4.69) is 39.3 Å². The van der Waals surface area contributed by atoms with Crippen molar-refractivity contribution in [2.45, 2.75) is 25.4 Å². The lowest BCUT2D eigenvalue weighted by atomic mass is 10.2. The van der Waals surface area contributed by atoms with Crippen molar-refractivity contribution >= 4 is 50.2 Å². The maximum absolute atomic E-state index is 12.1. The van der Waals surface area contributed by atoms with Crippen molar-refractivity contribution in [3.8, 4) is 0 Å². The van der Waals surface area contributed by atoms with Gasteiger partial charge in [0.1, 0.15) is 5.56 Å². The van der Waals surface area contributed by atoms with Crippen LogP contribution in [0.25, 0.3) is 10.2 Å². The van der Waals surface area contributed by atoms with E-state index in [0.717, 1.165) is 16.6 Å². The van der Waals surface area contributed by atoms with E-state index in [1.54, 1.807) is 6.92 Å². The second kappa shape index (κ2) is 7.79. The lowest BCUT2D eigenvalue weighted by Crippen LogP contribution is -2.10. The second-order valence-electron chi connectivity index (χ2n) is 5.14. The van der Waals surface area contributed by atoms with Gasteiger partial charge in [-0.1, -0.05) is 36.1 Å². The van der Waals surface area contributed by atoms with Gasteiger partial charge in [0, 0.05) is 6.20 Å². The number of anilines is 2. The molecule has 0 aliphatic rings. The Hall–Kier alpha value is -2.19. The summed E-state index contributed by atoms with van der Waals surface area (Å²) < 4.78 is 6.18. The minimum Gasteiger partial charge on any atom is -0.462 e. The number of aromatic nitrogens is 3. The van der Waals surface area contributed by atoms with E-state index in [1.165, 1.54) is 34.9 Å². The Kier molecular flexibility index (Phi) is 5.50. The highest BCUT2D eigenvalue weighted by Gasteiger charge is 2.17. The summed E-state index contributed by atoms with van der Waals surface area (Å²) in [6, 6.07) is 6.22. The molecule has 2 heterocycles. The molecule has 0 fully saturated rings. The first kappa shape index (κ1) is 17.6. The van der Waals surface area contributed by atoms with Crippen molar-refractivity contribution in [3.63, 3.8) is 0 Å². The van der Waals surface area contributed by atoms with Crippen LogP contribution in [0.2, 0.25) is 0 Å². The van der Waals surface area contributed by atoms with Gasteiger partial charge in [-0.05, 0) is 37.3 Å². The Labute approximate surface area is 154 Å². The van der Waals surface area contributed by atoms with Gasteiger partial charge in [0.25, 0.3) is 0 Å². The average molecular weight is 374 g/mol. The molecule has 3 aromatic rings. The zero-order valence-electron chi connectivity index (χ0n) is 14.2. The Balaban J connectivity index is 1.96. The molecule has 0 atom stereocenters. The van der Waals surface area contributed by atoms with E-state index in [0.29, 0.717) is 28.3 Å². The monoisotopic (exact) mass is 374 g/mol. The molecule has 1 N–H and O–H groups in total. The average Bonchev–Trinajstić information content (AvgIpc) is 3.02. The first-order valence-electron chi connectivity index (χ1n) is 7.89. The normalized spacial score (nSPS) is 10.8.